The van der Waals surface area contributed by atoms with Crippen molar-refractivity contribution in [2.45, 2.75) is 189 Å². The quantitative estimate of drug-likeness (QED) is 0.184. The van der Waals surface area contributed by atoms with E-state index < -0.39 is 11.2 Å². The molecule has 0 bridgehead atoms. The second-order valence-corrected chi connectivity index (χ2v) is 17.7. The lowest BCUT2D eigenvalue weighted by molar-refractivity contribution is -0.165. The molecule has 8 atom stereocenters. The van der Waals surface area contributed by atoms with Crippen molar-refractivity contribution in [3.8, 4) is 0 Å². The molecular formula is C39H68O7. The molecule has 2 aliphatic rings. The van der Waals surface area contributed by atoms with Gasteiger partial charge in [-0.15, -0.1) is 0 Å². The van der Waals surface area contributed by atoms with Gasteiger partial charge in [0.05, 0.1) is 47.5 Å². The van der Waals surface area contributed by atoms with Gasteiger partial charge in [-0.05, 0) is 120 Å². The molecule has 0 aliphatic heterocycles. The summed E-state index contributed by atoms with van der Waals surface area (Å²) >= 11 is 0. The Morgan fingerprint density at radius 3 is 1.98 bits per heavy atom. The highest BCUT2D eigenvalue weighted by atomic mass is 16.6. The van der Waals surface area contributed by atoms with Crippen LogP contribution >= 0.6 is 0 Å². The fourth-order valence-corrected chi connectivity index (χ4v) is 6.58. The molecule has 0 aromatic heterocycles. The molecule has 2 aliphatic carbocycles. The number of carbonyl (C=O) groups excluding carboxylic acids is 2. The lowest BCUT2D eigenvalue weighted by Gasteiger charge is -2.44. The van der Waals surface area contributed by atoms with Gasteiger partial charge in [-0.25, -0.2) is 0 Å². The Balaban J connectivity index is 2.38. The van der Waals surface area contributed by atoms with Gasteiger partial charge in [0.1, 0.15) is 11.7 Å². The van der Waals surface area contributed by atoms with Crippen molar-refractivity contribution in [2.24, 2.45) is 23.7 Å². The third-order valence-electron chi connectivity index (χ3n) is 8.35. The van der Waals surface area contributed by atoms with E-state index in [1.165, 1.54) is 5.57 Å². The van der Waals surface area contributed by atoms with Crippen LogP contribution in [0.15, 0.2) is 23.8 Å². The van der Waals surface area contributed by atoms with E-state index in [0.29, 0.717) is 18.8 Å². The Morgan fingerprint density at radius 2 is 1.46 bits per heavy atom. The lowest BCUT2D eigenvalue weighted by atomic mass is 9.66. The zero-order chi connectivity index (χ0) is 35.3. The van der Waals surface area contributed by atoms with Gasteiger partial charge < -0.3 is 23.7 Å². The molecule has 7 nitrogen and oxygen atoms in total. The SMILES string of the molecule is CC[C@H](C)C(=O)O[C@H]1C[C@H](OC(C)(C)C)C=C2C=C[C@H](C)[C@H](CC[C@H](C[C@H](CC(=O)OC(C)(C)C)OC(C)(C)C)OC(C)(C)C)[C@H]21. The van der Waals surface area contributed by atoms with Crippen molar-refractivity contribution < 1.29 is 33.3 Å². The minimum atomic E-state index is -0.563. The smallest absolute Gasteiger partial charge is 0.308 e. The van der Waals surface area contributed by atoms with Crippen molar-refractivity contribution in [1.29, 1.82) is 0 Å². The first-order valence-corrected chi connectivity index (χ1v) is 17.7. The molecule has 0 N–H and O–H groups in total. The summed E-state index contributed by atoms with van der Waals surface area (Å²) in [4.78, 5) is 26.1. The fraction of sp³-hybridized carbons (Fsp3) is 0.846. The van der Waals surface area contributed by atoms with E-state index in [-0.39, 0.29) is 71.7 Å². The Kier molecular flexibility index (Phi) is 14.2. The maximum Gasteiger partial charge on any atom is 0.308 e. The summed E-state index contributed by atoms with van der Waals surface area (Å²) in [6.07, 6.45) is 9.66. The number of rotatable bonds is 13. The van der Waals surface area contributed by atoms with Crippen LogP contribution in [0.1, 0.15) is 142 Å². The Morgan fingerprint density at radius 1 is 0.870 bits per heavy atom. The Bertz CT molecular complexity index is 1050. The van der Waals surface area contributed by atoms with Crippen molar-refractivity contribution in [3.05, 3.63) is 23.8 Å². The highest BCUT2D eigenvalue weighted by Gasteiger charge is 2.43. The predicted octanol–water partition coefficient (Wildman–Crippen LogP) is 9.17. The van der Waals surface area contributed by atoms with Crippen LogP contribution < -0.4 is 0 Å². The molecule has 0 saturated heterocycles. The van der Waals surface area contributed by atoms with E-state index in [1.807, 2.05) is 55.4 Å². The molecule has 0 fully saturated rings. The Hall–Kier alpha value is -1.70. The minimum absolute atomic E-state index is 0.0755. The summed E-state index contributed by atoms with van der Waals surface area (Å²) in [5.74, 6) is 0.0677. The third kappa shape index (κ3) is 14.6. The topological polar surface area (TPSA) is 80.3 Å². The van der Waals surface area contributed by atoms with E-state index in [9.17, 15) is 9.59 Å². The van der Waals surface area contributed by atoms with E-state index in [0.717, 1.165) is 19.3 Å². The Labute approximate surface area is 281 Å². The molecule has 0 heterocycles. The standard InChI is InChI=1S/C39H68O7/c1-16-25(2)35(41)42-32-23-29(44-37(7,8)9)21-27-18-17-26(3)31(34(27)32)20-19-28(43-36(4,5)6)22-30(45-38(10,11)12)24-33(40)46-39(13,14)15/h17-18,21,25-26,28-32,34H,16,19-20,22-24H2,1-15H3/t25-,26-,28+,29+,30+,31-,32-,34-/m0/s1. The van der Waals surface area contributed by atoms with Crippen LogP contribution in [0.4, 0.5) is 0 Å². The van der Waals surface area contributed by atoms with Gasteiger partial charge in [0.25, 0.3) is 0 Å². The molecular weight excluding hydrogens is 580 g/mol. The second-order valence-electron chi connectivity index (χ2n) is 17.7. The highest BCUT2D eigenvalue weighted by molar-refractivity contribution is 5.72. The lowest BCUT2D eigenvalue weighted by Crippen LogP contribution is -2.45. The summed E-state index contributed by atoms with van der Waals surface area (Å²) in [5.41, 5.74) is -0.484. The van der Waals surface area contributed by atoms with Crippen LogP contribution in [0.2, 0.25) is 0 Å². The number of esters is 2. The van der Waals surface area contributed by atoms with Crippen LogP contribution in [0.5, 0.6) is 0 Å². The first kappa shape index (κ1) is 40.5. The number of hydrogen-bond donors (Lipinski definition) is 0. The molecule has 0 amide bonds. The van der Waals surface area contributed by atoms with Crippen LogP contribution in [0.3, 0.4) is 0 Å². The number of fused-ring (bicyclic) bond motifs is 1. The number of allylic oxidation sites excluding steroid dienone is 2. The largest absolute Gasteiger partial charge is 0.461 e. The van der Waals surface area contributed by atoms with E-state index in [4.69, 9.17) is 23.7 Å². The van der Waals surface area contributed by atoms with Crippen molar-refractivity contribution in [3.63, 3.8) is 0 Å². The van der Waals surface area contributed by atoms with Crippen molar-refractivity contribution in [2.75, 3.05) is 0 Å². The maximum absolute atomic E-state index is 13.2. The molecule has 46 heavy (non-hydrogen) atoms. The molecule has 266 valence electrons. The fourth-order valence-electron chi connectivity index (χ4n) is 6.58. The van der Waals surface area contributed by atoms with Gasteiger partial charge in [0.2, 0.25) is 0 Å². The molecule has 2 rings (SSSR count). The molecule has 0 spiro atoms. The van der Waals surface area contributed by atoms with Gasteiger partial charge in [-0.2, -0.15) is 0 Å². The van der Waals surface area contributed by atoms with Gasteiger partial charge in [-0.1, -0.05) is 39.0 Å². The molecule has 7 heteroatoms. The second kappa shape index (κ2) is 16.1. The molecule has 0 radical (unpaired) electrons. The number of hydrogen-bond acceptors (Lipinski definition) is 7. The molecule has 0 unspecified atom stereocenters. The summed E-state index contributed by atoms with van der Waals surface area (Å²) in [7, 11) is 0. The van der Waals surface area contributed by atoms with Crippen LogP contribution in [-0.4, -0.2) is 58.8 Å². The zero-order valence-electron chi connectivity index (χ0n) is 32.0. The summed E-state index contributed by atoms with van der Waals surface area (Å²) < 4.78 is 31.5. The molecule has 0 aromatic rings. The van der Waals surface area contributed by atoms with Gasteiger partial charge in [0, 0.05) is 18.8 Å². The van der Waals surface area contributed by atoms with Gasteiger partial charge >= 0.3 is 11.9 Å². The highest BCUT2D eigenvalue weighted by Crippen LogP contribution is 2.45. The summed E-state index contributed by atoms with van der Waals surface area (Å²) in [6, 6.07) is 0. The van der Waals surface area contributed by atoms with Crippen LogP contribution in [0.25, 0.3) is 0 Å². The minimum Gasteiger partial charge on any atom is -0.461 e. The summed E-state index contributed by atoms with van der Waals surface area (Å²) in [6.45, 7) is 30.3. The first-order chi connectivity index (χ1) is 20.9. The first-order valence-electron chi connectivity index (χ1n) is 17.7. The van der Waals surface area contributed by atoms with Crippen molar-refractivity contribution >= 4 is 11.9 Å². The number of carbonyl (C=O) groups is 2. The average Bonchev–Trinajstić information content (AvgIpc) is 2.83. The number of ether oxygens (including phenoxy) is 5. The van der Waals surface area contributed by atoms with Gasteiger partial charge in [-0.3, -0.25) is 9.59 Å². The van der Waals surface area contributed by atoms with Gasteiger partial charge in [0.15, 0.2) is 0 Å². The van der Waals surface area contributed by atoms with Crippen LogP contribution in [0, 0.1) is 23.7 Å². The monoisotopic (exact) mass is 648 g/mol. The summed E-state index contributed by atoms with van der Waals surface area (Å²) in [5, 5.41) is 0. The molecule has 0 saturated carbocycles. The zero-order valence-corrected chi connectivity index (χ0v) is 32.0. The average molecular weight is 649 g/mol. The van der Waals surface area contributed by atoms with Crippen LogP contribution in [-0.2, 0) is 33.3 Å². The van der Waals surface area contributed by atoms with E-state index in [2.05, 4.69) is 66.7 Å². The van der Waals surface area contributed by atoms with E-state index >= 15 is 0 Å². The normalized spacial score (nSPS) is 26.1. The third-order valence-corrected chi connectivity index (χ3v) is 8.35. The van der Waals surface area contributed by atoms with E-state index in [1.54, 1.807) is 0 Å². The predicted molar refractivity (Wildman–Crippen MR) is 186 cm³/mol. The molecule has 0 aromatic carbocycles. The maximum atomic E-state index is 13.2. The van der Waals surface area contributed by atoms with Crippen molar-refractivity contribution in [1.82, 2.24) is 0 Å².